The van der Waals surface area contributed by atoms with Crippen LogP contribution in [0.2, 0.25) is 0 Å². The normalized spacial score (nSPS) is 9.75. The van der Waals surface area contributed by atoms with Gasteiger partial charge in [-0.05, 0) is 19.1 Å². The van der Waals surface area contributed by atoms with E-state index in [1.54, 1.807) is 19.2 Å². The average Bonchev–Trinajstić information content (AvgIpc) is 2.27. The monoisotopic (exact) mass is 225 g/mol. The molecule has 0 bridgehead atoms. The van der Waals surface area contributed by atoms with Crippen LogP contribution >= 0.6 is 0 Å². The Bertz CT molecular complexity index is 403. The molecule has 0 saturated heterocycles. The van der Waals surface area contributed by atoms with E-state index >= 15 is 0 Å². The lowest BCUT2D eigenvalue weighted by atomic mass is 10.1. The summed E-state index contributed by atoms with van der Waals surface area (Å²) in [5, 5.41) is 8.91. The van der Waals surface area contributed by atoms with Gasteiger partial charge in [-0.2, -0.15) is 0 Å². The predicted octanol–water partition coefficient (Wildman–Crippen LogP) is 2.13. The van der Waals surface area contributed by atoms with Crippen LogP contribution in [0.15, 0.2) is 12.1 Å². The zero-order chi connectivity index (χ0) is 12.3. The van der Waals surface area contributed by atoms with Crippen molar-refractivity contribution in [3.8, 4) is 11.5 Å². The van der Waals surface area contributed by atoms with Crippen LogP contribution in [0.3, 0.4) is 0 Å². The average molecular weight is 225 g/mol. The third-order valence-electron chi connectivity index (χ3n) is 2.41. The number of methoxy groups -OCH3 is 2. The molecule has 0 aliphatic heterocycles. The summed E-state index contributed by atoms with van der Waals surface area (Å²) in [4.78, 5) is 12.0. The van der Waals surface area contributed by atoms with Gasteiger partial charge in [-0.1, -0.05) is 0 Å². The second-order valence-corrected chi connectivity index (χ2v) is 3.29. The molecule has 1 aromatic carbocycles. The van der Waals surface area contributed by atoms with Gasteiger partial charge in [0, 0.05) is 12.6 Å². The molecule has 1 amide bonds. The molecule has 0 heterocycles. The van der Waals surface area contributed by atoms with E-state index in [9.17, 15) is 4.79 Å². The van der Waals surface area contributed by atoms with Crippen LogP contribution in [-0.2, 0) is 0 Å². The summed E-state index contributed by atoms with van der Waals surface area (Å²) in [6.07, 6.45) is -1.04. The number of rotatable bonds is 3. The number of nitrogens with zero attached hydrogens (tertiary/aromatic N) is 1. The fraction of sp³-hybridized carbons (Fsp3) is 0.364. The molecule has 16 heavy (non-hydrogen) atoms. The maximum atomic E-state index is 10.9. The Kier molecular flexibility index (Phi) is 3.60. The number of anilines is 1. The molecule has 0 aromatic heterocycles. The van der Waals surface area contributed by atoms with Gasteiger partial charge in [-0.25, -0.2) is 4.79 Å². The van der Waals surface area contributed by atoms with Crippen LogP contribution in [0.1, 0.15) is 5.56 Å². The van der Waals surface area contributed by atoms with Crippen molar-refractivity contribution in [1.82, 2.24) is 0 Å². The van der Waals surface area contributed by atoms with E-state index in [0.29, 0.717) is 17.2 Å². The molecule has 5 nitrogen and oxygen atoms in total. The molecular weight excluding hydrogens is 210 g/mol. The Hall–Kier alpha value is -1.91. The molecule has 1 N–H and O–H groups in total. The molecule has 0 unspecified atom stereocenters. The first-order chi connectivity index (χ1) is 7.52. The molecule has 88 valence electrons. The molecule has 0 saturated carbocycles. The van der Waals surface area contributed by atoms with Crippen LogP contribution in [0.25, 0.3) is 0 Å². The highest BCUT2D eigenvalue weighted by Gasteiger charge is 2.17. The molecule has 0 aliphatic carbocycles. The van der Waals surface area contributed by atoms with E-state index in [-0.39, 0.29) is 0 Å². The first kappa shape index (κ1) is 12.2. The highest BCUT2D eigenvalue weighted by Crippen LogP contribution is 2.36. The van der Waals surface area contributed by atoms with E-state index in [1.165, 1.54) is 14.2 Å². The fourth-order valence-electron chi connectivity index (χ4n) is 1.51. The van der Waals surface area contributed by atoms with Crippen molar-refractivity contribution in [2.45, 2.75) is 6.92 Å². The summed E-state index contributed by atoms with van der Waals surface area (Å²) in [5.74, 6) is 1.17. The number of hydrogen-bond donors (Lipinski definition) is 1. The Labute approximate surface area is 94.2 Å². The van der Waals surface area contributed by atoms with Crippen LogP contribution in [0, 0.1) is 6.92 Å². The second kappa shape index (κ2) is 4.74. The van der Waals surface area contributed by atoms with Crippen molar-refractivity contribution >= 4 is 11.8 Å². The van der Waals surface area contributed by atoms with Crippen molar-refractivity contribution < 1.29 is 19.4 Å². The molecule has 0 aliphatic rings. The van der Waals surface area contributed by atoms with Crippen LogP contribution in [0.4, 0.5) is 10.5 Å². The third-order valence-corrected chi connectivity index (χ3v) is 2.41. The summed E-state index contributed by atoms with van der Waals surface area (Å²) in [6, 6.07) is 3.37. The number of benzene rings is 1. The molecular formula is C11H15NO4. The van der Waals surface area contributed by atoms with Crippen molar-refractivity contribution in [3.05, 3.63) is 17.7 Å². The standard InChI is InChI=1S/C11H15NO4/c1-7-9(15-3)6-5-8(10(7)16-4)12(2)11(13)14/h5-6H,1-4H3,(H,13,14). The van der Waals surface area contributed by atoms with Gasteiger partial charge in [-0.3, -0.25) is 4.90 Å². The maximum absolute atomic E-state index is 10.9. The SMILES string of the molecule is COc1ccc(N(C)C(=O)O)c(OC)c1C. The minimum Gasteiger partial charge on any atom is -0.496 e. The van der Waals surface area contributed by atoms with E-state index in [4.69, 9.17) is 14.6 Å². The van der Waals surface area contributed by atoms with Crippen LogP contribution in [0.5, 0.6) is 11.5 Å². The first-order valence-corrected chi connectivity index (χ1v) is 4.71. The molecule has 1 rings (SSSR count). The second-order valence-electron chi connectivity index (χ2n) is 3.29. The van der Waals surface area contributed by atoms with E-state index in [0.717, 1.165) is 10.5 Å². The van der Waals surface area contributed by atoms with Gasteiger partial charge < -0.3 is 14.6 Å². The molecule has 0 spiro atoms. The quantitative estimate of drug-likeness (QED) is 0.856. The lowest BCUT2D eigenvalue weighted by molar-refractivity contribution is 0.203. The van der Waals surface area contributed by atoms with Gasteiger partial charge in [-0.15, -0.1) is 0 Å². The van der Waals surface area contributed by atoms with Crippen molar-refractivity contribution in [1.29, 1.82) is 0 Å². The van der Waals surface area contributed by atoms with Crippen molar-refractivity contribution in [2.24, 2.45) is 0 Å². The maximum Gasteiger partial charge on any atom is 0.411 e. The zero-order valence-corrected chi connectivity index (χ0v) is 9.77. The Balaban J connectivity index is 3.31. The minimum atomic E-state index is -1.04. The number of ether oxygens (including phenoxy) is 2. The Morgan fingerprint density at radius 2 is 1.94 bits per heavy atom. The van der Waals surface area contributed by atoms with Crippen LogP contribution < -0.4 is 14.4 Å². The van der Waals surface area contributed by atoms with E-state index < -0.39 is 6.09 Å². The number of carboxylic acid groups (broad SMARTS) is 1. The zero-order valence-electron chi connectivity index (χ0n) is 9.77. The largest absolute Gasteiger partial charge is 0.496 e. The highest BCUT2D eigenvalue weighted by molar-refractivity contribution is 5.88. The number of carbonyl (C=O) groups is 1. The summed E-state index contributed by atoms with van der Waals surface area (Å²) in [7, 11) is 4.52. The lowest BCUT2D eigenvalue weighted by Gasteiger charge is -2.19. The molecule has 0 radical (unpaired) electrons. The van der Waals surface area contributed by atoms with Gasteiger partial charge in [0.25, 0.3) is 0 Å². The molecule has 0 fully saturated rings. The van der Waals surface area contributed by atoms with Gasteiger partial charge in [0.15, 0.2) is 0 Å². The molecule has 0 atom stereocenters. The number of hydrogen-bond acceptors (Lipinski definition) is 3. The minimum absolute atomic E-state index is 0.494. The fourth-order valence-corrected chi connectivity index (χ4v) is 1.51. The Morgan fingerprint density at radius 1 is 1.31 bits per heavy atom. The van der Waals surface area contributed by atoms with Gasteiger partial charge >= 0.3 is 6.09 Å². The summed E-state index contributed by atoms with van der Waals surface area (Å²) in [6.45, 7) is 1.82. The van der Waals surface area contributed by atoms with Crippen molar-refractivity contribution in [2.75, 3.05) is 26.2 Å². The van der Waals surface area contributed by atoms with Gasteiger partial charge in [0.2, 0.25) is 0 Å². The van der Waals surface area contributed by atoms with Crippen molar-refractivity contribution in [3.63, 3.8) is 0 Å². The van der Waals surface area contributed by atoms with E-state index in [2.05, 4.69) is 0 Å². The number of amides is 1. The molecule has 5 heteroatoms. The first-order valence-electron chi connectivity index (χ1n) is 4.71. The topological polar surface area (TPSA) is 59.0 Å². The summed E-state index contributed by atoms with van der Waals surface area (Å²) >= 11 is 0. The Morgan fingerprint density at radius 3 is 2.38 bits per heavy atom. The smallest absolute Gasteiger partial charge is 0.411 e. The van der Waals surface area contributed by atoms with Gasteiger partial charge in [0.1, 0.15) is 11.5 Å². The summed E-state index contributed by atoms with van der Waals surface area (Å²) in [5.41, 5.74) is 1.27. The highest BCUT2D eigenvalue weighted by atomic mass is 16.5. The predicted molar refractivity (Wildman–Crippen MR) is 60.7 cm³/mol. The van der Waals surface area contributed by atoms with Gasteiger partial charge in [0.05, 0.1) is 19.9 Å². The third kappa shape index (κ3) is 2.03. The lowest BCUT2D eigenvalue weighted by Crippen LogP contribution is -2.24. The summed E-state index contributed by atoms with van der Waals surface area (Å²) < 4.78 is 10.3. The van der Waals surface area contributed by atoms with Crippen LogP contribution in [-0.4, -0.2) is 32.5 Å². The van der Waals surface area contributed by atoms with E-state index in [1.807, 2.05) is 6.92 Å². The molecule has 1 aromatic rings.